The van der Waals surface area contributed by atoms with Crippen LogP contribution in [0.1, 0.15) is 259 Å². The van der Waals surface area contributed by atoms with Crippen LogP contribution in [0.25, 0.3) is 0 Å². The van der Waals surface area contributed by atoms with Crippen LogP contribution in [-0.4, -0.2) is 8.07 Å². The fourth-order valence-electron chi connectivity index (χ4n) is 7.99. The molecule has 0 aliphatic carbocycles. The van der Waals surface area contributed by atoms with Crippen molar-refractivity contribution in [3.05, 3.63) is 0 Å². The first-order valence-electron chi connectivity index (χ1n) is 22.2. The zero-order valence-electron chi connectivity index (χ0n) is 32.8. The van der Waals surface area contributed by atoms with Crippen LogP contribution in [0.3, 0.4) is 0 Å². The van der Waals surface area contributed by atoms with Crippen molar-refractivity contribution in [2.45, 2.75) is 283 Å². The summed E-state index contributed by atoms with van der Waals surface area (Å²) in [5, 5.41) is 0. The van der Waals surface area contributed by atoms with Gasteiger partial charge in [0.2, 0.25) is 0 Å². The molecule has 0 atom stereocenters. The summed E-state index contributed by atoms with van der Waals surface area (Å²) in [6, 6.07) is 6.75. The average molecular weight is 649 g/mol. The third-order valence-electron chi connectivity index (χ3n) is 11.2. The van der Waals surface area contributed by atoms with Crippen molar-refractivity contribution in [2.75, 3.05) is 0 Å². The summed E-state index contributed by atoms with van der Waals surface area (Å²) in [4.78, 5) is 0. The molecule has 0 saturated carbocycles. The number of rotatable bonds is 40. The number of hydrogen-bond acceptors (Lipinski definition) is 0. The maximum atomic E-state index is 2.35. The zero-order valence-corrected chi connectivity index (χ0v) is 33.8. The molecule has 0 radical (unpaired) electrons. The van der Waals surface area contributed by atoms with Crippen molar-refractivity contribution in [3.8, 4) is 0 Å². The molecule has 272 valence electrons. The fraction of sp³-hybridized carbons (Fsp3) is 1.00. The number of hydrogen-bond donors (Lipinski definition) is 0. The molecule has 0 rings (SSSR count). The van der Waals surface area contributed by atoms with Gasteiger partial charge >= 0.3 is 0 Å². The predicted molar refractivity (Wildman–Crippen MR) is 214 cm³/mol. The molecule has 0 fully saturated rings. The summed E-state index contributed by atoms with van der Waals surface area (Å²) in [6.07, 6.45) is 53.7. The maximum Gasteiger partial charge on any atom is 0.0535 e. The molecule has 0 unspecified atom stereocenters. The molecule has 0 spiro atoms. The molecular weight excluding hydrogens is 557 g/mol. The van der Waals surface area contributed by atoms with Gasteiger partial charge in [-0.25, -0.2) is 0 Å². The van der Waals surface area contributed by atoms with Gasteiger partial charge in [0.05, 0.1) is 8.07 Å². The van der Waals surface area contributed by atoms with Crippen molar-refractivity contribution < 1.29 is 0 Å². The van der Waals surface area contributed by atoms with E-state index in [0.29, 0.717) is 0 Å². The molecule has 0 nitrogen and oxygen atoms in total. The van der Waals surface area contributed by atoms with Crippen LogP contribution in [0.2, 0.25) is 24.2 Å². The second-order valence-corrected chi connectivity index (χ2v) is 20.8. The Hall–Kier alpha value is 0.217. The zero-order chi connectivity index (χ0) is 32.8. The first-order chi connectivity index (χ1) is 22.2. The van der Waals surface area contributed by atoms with E-state index in [1.807, 2.05) is 0 Å². The summed E-state index contributed by atoms with van der Waals surface area (Å²) in [7, 11) is -1.14. The van der Waals surface area contributed by atoms with E-state index in [0.717, 1.165) is 0 Å². The third kappa shape index (κ3) is 33.9. The molecular formula is C44H92Si. The van der Waals surface area contributed by atoms with E-state index in [1.54, 1.807) is 49.9 Å². The van der Waals surface area contributed by atoms with Gasteiger partial charge in [-0.3, -0.25) is 0 Å². The molecule has 0 aromatic rings. The highest BCUT2D eigenvalue weighted by Crippen LogP contribution is 2.35. The van der Waals surface area contributed by atoms with Crippen molar-refractivity contribution >= 4 is 8.07 Å². The minimum absolute atomic E-state index is 1.14. The summed E-state index contributed by atoms with van der Waals surface area (Å²) in [5.74, 6) is 0. The molecule has 0 aromatic heterocycles. The van der Waals surface area contributed by atoms with Crippen LogP contribution in [0.5, 0.6) is 0 Å². The van der Waals surface area contributed by atoms with E-state index in [4.69, 9.17) is 0 Å². The topological polar surface area (TPSA) is 0 Å². The lowest BCUT2D eigenvalue weighted by molar-refractivity contribution is 0.556. The van der Waals surface area contributed by atoms with Crippen molar-refractivity contribution in [1.82, 2.24) is 0 Å². The Kier molecular flexibility index (Phi) is 38.8. The van der Waals surface area contributed by atoms with E-state index in [2.05, 4.69) is 27.7 Å². The minimum atomic E-state index is -1.14. The van der Waals surface area contributed by atoms with E-state index < -0.39 is 8.07 Å². The van der Waals surface area contributed by atoms with Gasteiger partial charge in [0.25, 0.3) is 0 Å². The summed E-state index contributed by atoms with van der Waals surface area (Å²) >= 11 is 0. The number of unbranched alkanes of at least 4 members (excludes halogenated alkanes) is 32. The van der Waals surface area contributed by atoms with Crippen LogP contribution < -0.4 is 0 Å². The van der Waals surface area contributed by atoms with E-state index >= 15 is 0 Å². The van der Waals surface area contributed by atoms with Crippen LogP contribution in [-0.2, 0) is 0 Å². The van der Waals surface area contributed by atoms with Crippen LogP contribution in [0.15, 0.2) is 0 Å². The first-order valence-corrected chi connectivity index (χ1v) is 25.1. The van der Waals surface area contributed by atoms with Gasteiger partial charge in [-0.05, 0) is 0 Å². The predicted octanol–water partition coefficient (Wildman–Crippen LogP) is 17.6. The average Bonchev–Trinajstić information content (AvgIpc) is 3.05. The quantitative estimate of drug-likeness (QED) is 0.0458. The molecule has 0 aliphatic heterocycles. The molecule has 0 saturated heterocycles. The van der Waals surface area contributed by atoms with Gasteiger partial charge in [-0.15, -0.1) is 0 Å². The Balaban J connectivity index is 4.82. The highest BCUT2D eigenvalue weighted by Gasteiger charge is 2.30. The van der Waals surface area contributed by atoms with E-state index in [9.17, 15) is 0 Å². The van der Waals surface area contributed by atoms with E-state index in [-0.39, 0.29) is 0 Å². The van der Waals surface area contributed by atoms with Gasteiger partial charge < -0.3 is 0 Å². The second-order valence-electron chi connectivity index (χ2n) is 15.8. The Morgan fingerprint density at radius 1 is 0.178 bits per heavy atom. The molecule has 0 N–H and O–H groups in total. The van der Waals surface area contributed by atoms with Gasteiger partial charge in [-0.1, -0.05) is 283 Å². The lowest BCUT2D eigenvalue weighted by Crippen LogP contribution is -2.34. The van der Waals surface area contributed by atoms with Crippen LogP contribution in [0.4, 0.5) is 0 Å². The Morgan fingerprint density at radius 2 is 0.311 bits per heavy atom. The Morgan fingerprint density at radius 3 is 0.467 bits per heavy atom. The highest BCUT2D eigenvalue weighted by atomic mass is 28.3. The summed E-state index contributed by atoms with van der Waals surface area (Å²) < 4.78 is 0. The van der Waals surface area contributed by atoms with Crippen molar-refractivity contribution in [2.24, 2.45) is 0 Å². The first kappa shape index (κ1) is 45.2. The molecule has 1 heteroatoms. The van der Waals surface area contributed by atoms with Crippen LogP contribution >= 0.6 is 0 Å². The lowest BCUT2D eigenvalue weighted by Gasteiger charge is -2.33. The highest BCUT2D eigenvalue weighted by molar-refractivity contribution is 6.79. The molecule has 0 aromatic carbocycles. The van der Waals surface area contributed by atoms with Gasteiger partial charge in [0, 0.05) is 0 Å². The van der Waals surface area contributed by atoms with Gasteiger partial charge in [0.15, 0.2) is 0 Å². The monoisotopic (exact) mass is 649 g/mol. The van der Waals surface area contributed by atoms with Gasteiger partial charge in [0.1, 0.15) is 0 Å². The van der Waals surface area contributed by atoms with Crippen molar-refractivity contribution in [1.29, 1.82) is 0 Å². The Labute approximate surface area is 290 Å². The largest absolute Gasteiger partial charge is 0.0654 e. The SMILES string of the molecule is CCCCCCCCCCCC[Si](CCCCCCCCCC)(CCCCCCCCCC)CCCCCCCCCCCC. The standard InChI is InChI=1S/C44H92Si/c1-5-9-13-17-21-25-27-31-35-39-43-45(41-37-33-29-23-19-15-11-7-3,42-38-34-30-24-20-16-12-8-4)44-40-36-32-28-26-22-18-14-10-6-2/h5-44H2,1-4H3. The van der Waals surface area contributed by atoms with Crippen molar-refractivity contribution in [3.63, 3.8) is 0 Å². The molecule has 0 bridgehead atoms. The smallest absolute Gasteiger partial charge is 0.0535 e. The maximum absolute atomic E-state index is 2.35. The van der Waals surface area contributed by atoms with Gasteiger partial charge in [-0.2, -0.15) is 0 Å². The summed E-state index contributed by atoms with van der Waals surface area (Å²) in [5.41, 5.74) is 0. The molecule has 0 amide bonds. The third-order valence-corrected chi connectivity index (χ3v) is 16.9. The lowest BCUT2D eigenvalue weighted by atomic mass is 10.1. The molecule has 45 heavy (non-hydrogen) atoms. The summed E-state index contributed by atoms with van der Waals surface area (Å²) in [6.45, 7) is 9.37. The minimum Gasteiger partial charge on any atom is -0.0654 e. The Bertz CT molecular complexity index is 467. The molecule has 0 heterocycles. The second kappa shape index (κ2) is 38.7. The van der Waals surface area contributed by atoms with Crippen LogP contribution in [0, 0.1) is 0 Å². The molecule has 0 aliphatic rings. The normalized spacial score (nSPS) is 12.0. The van der Waals surface area contributed by atoms with E-state index in [1.165, 1.54) is 205 Å². The fourth-order valence-corrected chi connectivity index (χ4v) is 13.5.